The molecule has 4 nitrogen and oxygen atoms in total. The average Bonchev–Trinajstić information content (AvgIpc) is 2.81. The Morgan fingerprint density at radius 2 is 1.88 bits per heavy atom. The van der Waals surface area contributed by atoms with Crippen LogP contribution < -0.4 is 4.74 Å². The van der Waals surface area contributed by atoms with E-state index in [0.29, 0.717) is 35.6 Å². The van der Waals surface area contributed by atoms with Gasteiger partial charge in [0, 0.05) is 17.7 Å². The molecule has 1 N–H and O–H groups in total. The zero-order valence-electron chi connectivity index (χ0n) is 19.7. The molecule has 0 aromatic heterocycles. The molecule has 33 heavy (non-hydrogen) atoms. The van der Waals surface area contributed by atoms with Crippen LogP contribution in [0.25, 0.3) is 11.1 Å². The summed E-state index contributed by atoms with van der Waals surface area (Å²) >= 11 is 0. The highest BCUT2D eigenvalue weighted by molar-refractivity contribution is 5.86. The fraction of sp³-hybridized carbons (Fsp3) is 0.464. The second kappa shape index (κ2) is 12.0. The van der Waals surface area contributed by atoms with Crippen molar-refractivity contribution in [3.63, 3.8) is 0 Å². The van der Waals surface area contributed by atoms with Gasteiger partial charge in [-0.25, -0.2) is 9.18 Å². The molecule has 1 aliphatic rings. The molecular formula is C28H35FO4. The highest BCUT2D eigenvalue weighted by Gasteiger charge is 2.21. The Bertz CT molecular complexity index is 960. The molecule has 0 aliphatic heterocycles. The van der Waals surface area contributed by atoms with E-state index in [9.17, 15) is 9.90 Å². The molecule has 0 radical (unpaired) electrons. The summed E-state index contributed by atoms with van der Waals surface area (Å²) < 4.78 is 26.1. The maximum absolute atomic E-state index is 15.1. The molecule has 2 aromatic rings. The zero-order chi connectivity index (χ0) is 23.8. The van der Waals surface area contributed by atoms with Gasteiger partial charge in [-0.1, -0.05) is 50.6 Å². The van der Waals surface area contributed by atoms with Crippen molar-refractivity contribution in [2.24, 2.45) is 5.92 Å². The normalized spacial score (nSPS) is 18.1. The highest BCUT2D eigenvalue weighted by Crippen LogP contribution is 2.37. The number of aliphatic hydroxyl groups is 1. The first-order valence-electron chi connectivity index (χ1n) is 11.9. The Labute approximate surface area is 196 Å². The molecule has 0 unspecified atom stereocenters. The number of rotatable bonds is 10. The van der Waals surface area contributed by atoms with Crippen LogP contribution >= 0.6 is 0 Å². The van der Waals surface area contributed by atoms with E-state index in [1.165, 1.54) is 12.8 Å². The van der Waals surface area contributed by atoms with Gasteiger partial charge in [-0.15, -0.1) is 0 Å². The number of aliphatic hydroxyl groups excluding tert-OH is 1. The first kappa shape index (κ1) is 25.0. The summed E-state index contributed by atoms with van der Waals surface area (Å²) in [6, 6.07) is 11.2. The molecule has 5 heteroatoms. The van der Waals surface area contributed by atoms with Gasteiger partial charge in [-0.05, 0) is 73.3 Å². The summed E-state index contributed by atoms with van der Waals surface area (Å²) in [7, 11) is 0. The standard InChI is InChI=1S/C28H35FO4/c1-19(2)28(31)33-16-15-32-27-18-24(11-10-22(27)5-4-14-30)25-13-12-23(17-26(25)29)21-8-6-20(3)7-9-21/h10-13,17-18,20-21,30H,1,4-9,14-16H2,2-3H3. The molecule has 1 saturated carbocycles. The smallest absolute Gasteiger partial charge is 0.333 e. The van der Waals surface area contributed by atoms with Crippen molar-refractivity contribution in [2.45, 2.75) is 58.3 Å². The Kier molecular flexibility index (Phi) is 9.07. The number of carbonyl (C=O) groups excluding carboxylic acids is 1. The number of aryl methyl sites for hydroxylation is 1. The SMILES string of the molecule is C=C(C)C(=O)OCCOc1cc(-c2ccc(C3CCC(C)CC3)cc2F)ccc1CCCO. The van der Waals surface area contributed by atoms with E-state index >= 15 is 4.39 Å². The third kappa shape index (κ3) is 6.91. The van der Waals surface area contributed by atoms with Crippen molar-refractivity contribution in [2.75, 3.05) is 19.8 Å². The maximum Gasteiger partial charge on any atom is 0.333 e. The van der Waals surface area contributed by atoms with Gasteiger partial charge < -0.3 is 14.6 Å². The molecular weight excluding hydrogens is 419 g/mol. The topological polar surface area (TPSA) is 55.8 Å². The van der Waals surface area contributed by atoms with Crippen molar-refractivity contribution >= 4 is 5.97 Å². The second-order valence-corrected chi connectivity index (χ2v) is 9.11. The molecule has 0 bridgehead atoms. The number of benzene rings is 2. The molecule has 0 saturated heterocycles. The van der Waals surface area contributed by atoms with Crippen LogP contribution in [0, 0.1) is 11.7 Å². The van der Waals surface area contributed by atoms with E-state index in [1.807, 2.05) is 24.3 Å². The second-order valence-electron chi connectivity index (χ2n) is 9.11. The Morgan fingerprint density at radius 3 is 2.55 bits per heavy atom. The summed E-state index contributed by atoms with van der Waals surface area (Å²) in [4.78, 5) is 11.6. The van der Waals surface area contributed by atoms with Crippen LogP contribution in [-0.2, 0) is 16.0 Å². The Morgan fingerprint density at radius 1 is 1.12 bits per heavy atom. The van der Waals surface area contributed by atoms with Crippen molar-refractivity contribution in [1.29, 1.82) is 0 Å². The number of halogens is 1. The summed E-state index contributed by atoms with van der Waals surface area (Å²) in [5, 5.41) is 9.21. The Hall–Kier alpha value is -2.66. The van der Waals surface area contributed by atoms with Gasteiger partial charge in [-0.3, -0.25) is 0 Å². The van der Waals surface area contributed by atoms with Gasteiger partial charge in [0.1, 0.15) is 24.8 Å². The van der Waals surface area contributed by atoms with Gasteiger partial charge in [0.25, 0.3) is 0 Å². The van der Waals surface area contributed by atoms with Crippen molar-refractivity contribution in [3.8, 4) is 16.9 Å². The average molecular weight is 455 g/mol. The molecule has 0 heterocycles. The maximum atomic E-state index is 15.1. The largest absolute Gasteiger partial charge is 0.490 e. The first-order valence-corrected chi connectivity index (χ1v) is 11.9. The fourth-order valence-electron chi connectivity index (χ4n) is 4.35. The van der Waals surface area contributed by atoms with E-state index in [1.54, 1.807) is 13.0 Å². The lowest BCUT2D eigenvalue weighted by Crippen LogP contribution is -2.13. The monoisotopic (exact) mass is 454 g/mol. The van der Waals surface area contributed by atoms with E-state index in [2.05, 4.69) is 19.6 Å². The predicted octanol–water partition coefficient (Wildman–Crippen LogP) is 6.21. The molecule has 0 spiro atoms. The van der Waals surface area contributed by atoms with E-state index in [0.717, 1.165) is 35.4 Å². The molecule has 3 rings (SSSR count). The lowest BCUT2D eigenvalue weighted by molar-refractivity contribution is -0.139. The van der Waals surface area contributed by atoms with Crippen LogP contribution in [0.15, 0.2) is 48.6 Å². The van der Waals surface area contributed by atoms with Crippen molar-refractivity contribution < 1.29 is 23.8 Å². The van der Waals surface area contributed by atoms with E-state index in [4.69, 9.17) is 9.47 Å². The van der Waals surface area contributed by atoms with Gasteiger partial charge >= 0.3 is 5.97 Å². The number of hydrogen-bond donors (Lipinski definition) is 1. The van der Waals surface area contributed by atoms with Crippen LogP contribution in [-0.4, -0.2) is 30.9 Å². The number of esters is 1. The predicted molar refractivity (Wildman–Crippen MR) is 129 cm³/mol. The van der Waals surface area contributed by atoms with Crippen LogP contribution in [0.1, 0.15) is 63.0 Å². The number of carbonyl (C=O) groups is 1. The zero-order valence-corrected chi connectivity index (χ0v) is 19.7. The lowest BCUT2D eigenvalue weighted by Gasteiger charge is -2.26. The van der Waals surface area contributed by atoms with Crippen LogP contribution in [0.3, 0.4) is 0 Å². The van der Waals surface area contributed by atoms with E-state index in [-0.39, 0.29) is 25.6 Å². The van der Waals surface area contributed by atoms with Gasteiger partial charge in [0.05, 0.1) is 0 Å². The van der Waals surface area contributed by atoms with Crippen LogP contribution in [0.4, 0.5) is 4.39 Å². The van der Waals surface area contributed by atoms with Crippen molar-refractivity contribution in [3.05, 3.63) is 65.5 Å². The van der Waals surface area contributed by atoms with Gasteiger partial charge in [0.15, 0.2) is 0 Å². The summed E-state index contributed by atoms with van der Waals surface area (Å²) in [5.74, 6) is 1.12. The minimum Gasteiger partial charge on any atom is -0.490 e. The highest BCUT2D eigenvalue weighted by atomic mass is 19.1. The Balaban J connectivity index is 1.75. The quantitative estimate of drug-likeness (QED) is 0.263. The molecule has 1 fully saturated rings. The van der Waals surface area contributed by atoms with Crippen molar-refractivity contribution in [1.82, 2.24) is 0 Å². The molecule has 0 amide bonds. The number of hydrogen-bond acceptors (Lipinski definition) is 4. The van der Waals surface area contributed by atoms with Gasteiger partial charge in [-0.2, -0.15) is 0 Å². The summed E-state index contributed by atoms with van der Waals surface area (Å²) in [6.07, 6.45) is 5.88. The lowest BCUT2D eigenvalue weighted by atomic mass is 9.79. The minimum absolute atomic E-state index is 0.0768. The van der Waals surface area contributed by atoms with Gasteiger partial charge in [0.2, 0.25) is 0 Å². The van der Waals surface area contributed by atoms with E-state index < -0.39 is 5.97 Å². The van der Waals surface area contributed by atoms with Crippen LogP contribution in [0.5, 0.6) is 5.75 Å². The third-order valence-electron chi connectivity index (χ3n) is 6.39. The van der Waals surface area contributed by atoms with Crippen LogP contribution in [0.2, 0.25) is 0 Å². The molecule has 0 atom stereocenters. The summed E-state index contributed by atoms with van der Waals surface area (Å²) in [6.45, 7) is 7.78. The minimum atomic E-state index is -0.456. The molecule has 2 aromatic carbocycles. The third-order valence-corrected chi connectivity index (χ3v) is 6.39. The molecule has 1 aliphatic carbocycles. The number of ether oxygens (including phenoxy) is 2. The first-order chi connectivity index (χ1) is 15.9. The fourth-order valence-corrected chi connectivity index (χ4v) is 4.35. The summed E-state index contributed by atoms with van der Waals surface area (Å²) in [5.41, 5.74) is 3.61. The molecule has 178 valence electrons.